The third-order valence-corrected chi connectivity index (χ3v) is 4.85. The molecule has 3 rings (SSSR count). The normalized spacial score (nSPS) is 12.1. The number of ether oxygens (including phenoxy) is 1. The SMILES string of the molecule is COc1cccc(C(CNc2nc(-c3ccccn3)nc(C)c2C)N(C)C)c1. The Kier molecular flexibility index (Phi) is 6.21. The number of nitrogens with zero attached hydrogens (tertiary/aromatic N) is 4. The molecule has 1 aromatic carbocycles. The van der Waals surface area contributed by atoms with Crippen LogP contribution in [0.15, 0.2) is 48.7 Å². The van der Waals surface area contributed by atoms with Gasteiger partial charge in [0, 0.05) is 24.0 Å². The van der Waals surface area contributed by atoms with Gasteiger partial charge in [-0.1, -0.05) is 18.2 Å². The first kappa shape index (κ1) is 19.8. The van der Waals surface area contributed by atoms with E-state index in [1.165, 1.54) is 5.56 Å². The van der Waals surface area contributed by atoms with Crippen LogP contribution in [0.1, 0.15) is 22.9 Å². The van der Waals surface area contributed by atoms with Gasteiger partial charge in [0.15, 0.2) is 5.82 Å². The van der Waals surface area contributed by atoms with Crippen molar-refractivity contribution in [2.75, 3.05) is 33.1 Å². The van der Waals surface area contributed by atoms with E-state index in [0.29, 0.717) is 12.4 Å². The molecule has 0 saturated carbocycles. The molecular formula is C22H27N5O. The zero-order valence-corrected chi connectivity index (χ0v) is 17.1. The molecule has 0 aliphatic heterocycles. The molecule has 146 valence electrons. The Morgan fingerprint density at radius 2 is 1.89 bits per heavy atom. The van der Waals surface area contributed by atoms with E-state index in [9.17, 15) is 0 Å². The predicted octanol–water partition coefficient (Wildman–Crippen LogP) is 3.88. The summed E-state index contributed by atoms with van der Waals surface area (Å²) >= 11 is 0. The largest absolute Gasteiger partial charge is 0.497 e. The Balaban J connectivity index is 1.86. The van der Waals surface area contributed by atoms with E-state index in [-0.39, 0.29) is 6.04 Å². The minimum absolute atomic E-state index is 0.170. The van der Waals surface area contributed by atoms with Gasteiger partial charge in [0.2, 0.25) is 0 Å². The first-order chi connectivity index (χ1) is 13.5. The molecule has 1 unspecified atom stereocenters. The number of benzene rings is 1. The molecule has 2 heterocycles. The number of nitrogens with one attached hydrogen (secondary N) is 1. The number of hydrogen-bond donors (Lipinski definition) is 1. The Morgan fingerprint density at radius 1 is 1.07 bits per heavy atom. The average Bonchev–Trinajstić information content (AvgIpc) is 2.71. The summed E-state index contributed by atoms with van der Waals surface area (Å²) in [6, 6.07) is 14.1. The summed E-state index contributed by atoms with van der Waals surface area (Å²) in [6.07, 6.45) is 1.76. The molecule has 1 N–H and O–H groups in total. The summed E-state index contributed by atoms with van der Waals surface area (Å²) in [7, 11) is 5.83. The van der Waals surface area contributed by atoms with Crippen LogP contribution in [0.3, 0.4) is 0 Å². The van der Waals surface area contributed by atoms with Crippen LogP contribution in [-0.4, -0.2) is 47.6 Å². The maximum absolute atomic E-state index is 5.38. The molecule has 3 aromatic rings. The van der Waals surface area contributed by atoms with E-state index < -0.39 is 0 Å². The molecule has 28 heavy (non-hydrogen) atoms. The lowest BCUT2D eigenvalue weighted by molar-refractivity contribution is 0.310. The molecule has 2 aromatic heterocycles. The quantitative estimate of drug-likeness (QED) is 0.674. The van der Waals surface area contributed by atoms with E-state index in [2.05, 4.69) is 46.4 Å². The number of rotatable bonds is 7. The van der Waals surface area contributed by atoms with Gasteiger partial charge in [-0.05, 0) is 57.8 Å². The maximum Gasteiger partial charge on any atom is 0.180 e. The summed E-state index contributed by atoms with van der Waals surface area (Å²) in [5, 5.41) is 3.52. The van der Waals surface area contributed by atoms with Crippen molar-refractivity contribution < 1.29 is 4.74 Å². The first-order valence-electron chi connectivity index (χ1n) is 9.30. The Hall–Kier alpha value is -2.99. The smallest absolute Gasteiger partial charge is 0.180 e. The van der Waals surface area contributed by atoms with Crippen LogP contribution >= 0.6 is 0 Å². The highest BCUT2D eigenvalue weighted by atomic mass is 16.5. The van der Waals surface area contributed by atoms with Gasteiger partial charge in [0.25, 0.3) is 0 Å². The molecule has 0 spiro atoms. The topological polar surface area (TPSA) is 63.2 Å². The van der Waals surface area contributed by atoms with Crippen molar-refractivity contribution in [1.29, 1.82) is 0 Å². The molecule has 6 heteroatoms. The number of methoxy groups -OCH3 is 1. The van der Waals surface area contributed by atoms with Crippen LogP contribution in [-0.2, 0) is 0 Å². The summed E-state index contributed by atoms with van der Waals surface area (Å²) < 4.78 is 5.38. The zero-order chi connectivity index (χ0) is 20.1. The average molecular weight is 377 g/mol. The molecule has 0 amide bonds. The van der Waals surface area contributed by atoms with Gasteiger partial charge < -0.3 is 15.0 Å². The lowest BCUT2D eigenvalue weighted by atomic mass is 10.1. The molecular weight excluding hydrogens is 350 g/mol. The number of hydrogen-bond acceptors (Lipinski definition) is 6. The molecule has 0 bridgehead atoms. The fourth-order valence-electron chi connectivity index (χ4n) is 3.05. The molecule has 1 atom stereocenters. The van der Waals surface area contributed by atoms with Gasteiger partial charge in [0.05, 0.1) is 13.2 Å². The molecule has 0 aliphatic rings. The Labute approximate surface area is 166 Å². The molecule has 0 saturated heterocycles. The highest BCUT2D eigenvalue weighted by Crippen LogP contribution is 2.25. The summed E-state index contributed by atoms with van der Waals surface area (Å²) in [6.45, 7) is 4.75. The van der Waals surface area contributed by atoms with Gasteiger partial charge in [0.1, 0.15) is 17.3 Å². The number of aryl methyl sites for hydroxylation is 1. The third-order valence-electron chi connectivity index (χ3n) is 4.85. The van der Waals surface area contributed by atoms with E-state index in [0.717, 1.165) is 28.5 Å². The fraction of sp³-hybridized carbons (Fsp3) is 0.318. The van der Waals surface area contributed by atoms with Crippen molar-refractivity contribution in [2.45, 2.75) is 19.9 Å². The van der Waals surface area contributed by atoms with E-state index in [1.807, 2.05) is 44.2 Å². The van der Waals surface area contributed by atoms with Gasteiger partial charge in [-0.15, -0.1) is 0 Å². The number of anilines is 1. The van der Waals surface area contributed by atoms with Gasteiger partial charge in [-0.2, -0.15) is 0 Å². The Morgan fingerprint density at radius 3 is 2.57 bits per heavy atom. The van der Waals surface area contributed by atoms with Gasteiger partial charge in [-0.3, -0.25) is 4.98 Å². The third kappa shape index (κ3) is 4.46. The monoisotopic (exact) mass is 377 g/mol. The minimum atomic E-state index is 0.170. The molecule has 0 fully saturated rings. The molecule has 0 aliphatic carbocycles. The summed E-state index contributed by atoms with van der Waals surface area (Å²) in [5.74, 6) is 2.33. The zero-order valence-electron chi connectivity index (χ0n) is 17.1. The van der Waals surface area contributed by atoms with Gasteiger partial charge >= 0.3 is 0 Å². The molecule has 0 radical (unpaired) electrons. The highest BCUT2D eigenvalue weighted by molar-refractivity contribution is 5.56. The number of pyridine rings is 1. The van der Waals surface area contributed by atoms with E-state index in [4.69, 9.17) is 9.72 Å². The minimum Gasteiger partial charge on any atom is -0.497 e. The predicted molar refractivity (Wildman–Crippen MR) is 113 cm³/mol. The second-order valence-electron chi connectivity index (χ2n) is 6.96. The Bertz CT molecular complexity index is 927. The van der Waals surface area contributed by atoms with Crippen LogP contribution in [0.5, 0.6) is 5.75 Å². The standard InChI is InChI=1S/C22H27N5O/c1-15-16(2)25-22(19-11-6-7-12-23-19)26-21(15)24-14-20(27(3)4)17-9-8-10-18(13-17)28-5/h6-13,20H,14H2,1-5H3,(H,24,25,26). The van der Waals surface area contributed by atoms with Crippen LogP contribution in [0.25, 0.3) is 11.5 Å². The van der Waals surface area contributed by atoms with E-state index in [1.54, 1.807) is 13.3 Å². The summed E-state index contributed by atoms with van der Waals surface area (Å²) in [4.78, 5) is 15.9. The highest BCUT2D eigenvalue weighted by Gasteiger charge is 2.17. The van der Waals surface area contributed by atoms with Crippen molar-refractivity contribution in [3.63, 3.8) is 0 Å². The van der Waals surface area contributed by atoms with Crippen LogP contribution in [0, 0.1) is 13.8 Å². The fourth-order valence-corrected chi connectivity index (χ4v) is 3.05. The van der Waals surface area contributed by atoms with Crippen LogP contribution in [0.2, 0.25) is 0 Å². The van der Waals surface area contributed by atoms with Crippen molar-refractivity contribution in [3.8, 4) is 17.3 Å². The van der Waals surface area contributed by atoms with Crippen molar-refractivity contribution in [1.82, 2.24) is 19.9 Å². The van der Waals surface area contributed by atoms with Gasteiger partial charge in [-0.25, -0.2) is 9.97 Å². The maximum atomic E-state index is 5.38. The number of aromatic nitrogens is 3. The lowest BCUT2D eigenvalue weighted by Crippen LogP contribution is -2.27. The second kappa shape index (κ2) is 8.80. The van der Waals surface area contributed by atoms with Crippen molar-refractivity contribution in [2.24, 2.45) is 0 Å². The van der Waals surface area contributed by atoms with Crippen LogP contribution in [0.4, 0.5) is 5.82 Å². The molecule has 6 nitrogen and oxygen atoms in total. The summed E-state index contributed by atoms with van der Waals surface area (Å²) in [5.41, 5.74) is 3.94. The van der Waals surface area contributed by atoms with Crippen LogP contribution < -0.4 is 10.1 Å². The van der Waals surface area contributed by atoms with Crippen molar-refractivity contribution in [3.05, 3.63) is 65.5 Å². The lowest BCUT2D eigenvalue weighted by Gasteiger charge is -2.26. The number of likely N-dealkylation sites (N-methyl/N-ethyl adjacent to an activating group) is 1. The first-order valence-corrected chi connectivity index (χ1v) is 9.30. The second-order valence-corrected chi connectivity index (χ2v) is 6.96. The van der Waals surface area contributed by atoms with Crippen molar-refractivity contribution >= 4 is 5.82 Å². The van der Waals surface area contributed by atoms with E-state index >= 15 is 0 Å².